The van der Waals surface area contributed by atoms with E-state index in [0.717, 1.165) is 0 Å². The number of nitrogen functional groups attached to an aromatic ring is 1. The summed E-state index contributed by atoms with van der Waals surface area (Å²) in [4.78, 5) is 0. The highest BCUT2D eigenvalue weighted by atomic mass is 19.1. The van der Waals surface area contributed by atoms with Gasteiger partial charge in [-0.1, -0.05) is 29.4 Å². The number of nitrogens with zero attached hydrogens (tertiary/aromatic N) is 1. The standard InChI is InChI=1S/C16H12F2N2O/c1-9-3-2-4-12(14(9)18)15-13(16(19)20-21-15)10-5-7-11(17)8-6-10/h2-8H,1H3,(H2,19,20). The van der Waals surface area contributed by atoms with Crippen molar-refractivity contribution < 1.29 is 13.3 Å². The Labute approximate surface area is 120 Å². The van der Waals surface area contributed by atoms with Crippen LogP contribution >= 0.6 is 0 Å². The van der Waals surface area contributed by atoms with Gasteiger partial charge < -0.3 is 10.3 Å². The van der Waals surface area contributed by atoms with Crippen molar-refractivity contribution in [2.45, 2.75) is 6.92 Å². The van der Waals surface area contributed by atoms with Gasteiger partial charge in [-0.25, -0.2) is 8.78 Å². The molecule has 0 spiro atoms. The summed E-state index contributed by atoms with van der Waals surface area (Å²) in [6, 6.07) is 10.7. The second kappa shape index (κ2) is 5.01. The maximum Gasteiger partial charge on any atom is 0.179 e. The van der Waals surface area contributed by atoms with E-state index in [4.69, 9.17) is 10.3 Å². The zero-order valence-corrected chi connectivity index (χ0v) is 11.2. The molecule has 0 radical (unpaired) electrons. The van der Waals surface area contributed by atoms with Crippen LogP contribution in [0.3, 0.4) is 0 Å². The van der Waals surface area contributed by atoms with E-state index >= 15 is 0 Å². The molecule has 3 aromatic rings. The van der Waals surface area contributed by atoms with Gasteiger partial charge in [-0.15, -0.1) is 0 Å². The summed E-state index contributed by atoms with van der Waals surface area (Å²) in [7, 11) is 0. The molecule has 3 nitrogen and oxygen atoms in total. The topological polar surface area (TPSA) is 52.0 Å². The maximum atomic E-state index is 14.3. The molecule has 0 amide bonds. The molecule has 0 aliphatic carbocycles. The normalized spacial score (nSPS) is 10.8. The summed E-state index contributed by atoms with van der Waals surface area (Å²) in [6.07, 6.45) is 0. The average molecular weight is 286 g/mol. The molecule has 1 heterocycles. The smallest absolute Gasteiger partial charge is 0.179 e. The molecule has 0 aliphatic rings. The zero-order chi connectivity index (χ0) is 15.0. The van der Waals surface area contributed by atoms with Gasteiger partial charge in [0.25, 0.3) is 0 Å². The molecule has 0 atom stereocenters. The first-order valence-electron chi connectivity index (χ1n) is 6.34. The van der Waals surface area contributed by atoms with Crippen LogP contribution in [0, 0.1) is 18.6 Å². The number of nitrogens with two attached hydrogens (primary N) is 1. The van der Waals surface area contributed by atoms with Crippen molar-refractivity contribution in [1.82, 2.24) is 5.16 Å². The SMILES string of the molecule is Cc1cccc(-c2onc(N)c2-c2ccc(F)cc2)c1F. The van der Waals surface area contributed by atoms with Gasteiger partial charge in [-0.3, -0.25) is 0 Å². The van der Waals surface area contributed by atoms with E-state index in [9.17, 15) is 8.78 Å². The Hall–Kier alpha value is -2.69. The van der Waals surface area contributed by atoms with E-state index < -0.39 is 5.82 Å². The van der Waals surface area contributed by atoms with Gasteiger partial charge in [-0.05, 0) is 36.2 Å². The lowest BCUT2D eigenvalue weighted by molar-refractivity contribution is 0.433. The number of rotatable bonds is 2. The Balaban J connectivity index is 2.22. The van der Waals surface area contributed by atoms with E-state index in [2.05, 4.69) is 5.16 Å². The molecule has 2 aromatic carbocycles. The molecule has 1 aromatic heterocycles. The highest BCUT2D eigenvalue weighted by Gasteiger charge is 2.20. The Morgan fingerprint density at radius 2 is 1.76 bits per heavy atom. The predicted molar refractivity (Wildman–Crippen MR) is 76.4 cm³/mol. The molecule has 0 fully saturated rings. The van der Waals surface area contributed by atoms with Gasteiger partial charge in [-0.2, -0.15) is 0 Å². The molecular formula is C16H12F2N2O. The highest BCUT2D eigenvalue weighted by Crippen LogP contribution is 2.38. The largest absolute Gasteiger partial charge is 0.380 e. The second-order valence-electron chi connectivity index (χ2n) is 4.72. The van der Waals surface area contributed by atoms with Gasteiger partial charge in [0, 0.05) is 0 Å². The summed E-state index contributed by atoms with van der Waals surface area (Å²) < 4.78 is 32.5. The van der Waals surface area contributed by atoms with Gasteiger partial charge in [0.1, 0.15) is 11.6 Å². The lowest BCUT2D eigenvalue weighted by Gasteiger charge is -2.05. The Morgan fingerprint density at radius 1 is 1.05 bits per heavy atom. The van der Waals surface area contributed by atoms with Crippen molar-refractivity contribution in [2.24, 2.45) is 0 Å². The van der Waals surface area contributed by atoms with Crippen LogP contribution in [0.25, 0.3) is 22.5 Å². The third-order valence-corrected chi connectivity index (χ3v) is 3.29. The van der Waals surface area contributed by atoms with E-state index in [-0.39, 0.29) is 23.0 Å². The lowest BCUT2D eigenvalue weighted by atomic mass is 10.00. The fraction of sp³-hybridized carbons (Fsp3) is 0.0625. The van der Waals surface area contributed by atoms with Crippen molar-refractivity contribution in [2.75, 3.05) is 5.73 Å². The van der Waals surface area contributed by atoms with Crippen LogP contribution in [0.1, 0.15) is 5.56 Å². The van der Waals surface area contributed by atoms with Crippen LogP contribution < -0.4 is 5.73 Å². The quantitative estimate of drug-likeness (QED) is 0.769. The molecule has 0 aliphatic heterocycles. The molecule has 0 saturated heterocycles. The Kier molecular flexibility index (Phi) is 3.17. The number of aryl methyl sites for hydroxylation is 1. The van der Waals surface area contributed by atoms with Crippen LogP contribution in [0.4, 0.5) is 14.6 Å². The van der Waals surface area contributed by atoms with Crippen LogP contribution in [0.15, 0.2) is 47.0 Å². The van der Waals surface area contributed by atoms with Crippen molar-refractivity contribution in [3.63, 3.8) is 0 Å². The number of anilines is 1. The van der Waals surface area contributed by atoms with Gasteiger partial charge in [0.15, 0.2) is 11.6 Å². The second-order valence-corrected chi connectivity index (χ2v) is 4.72. The van der Waals surface area contributed by atoms with E-state index in [0.29, 0.717) is 16.7 Å². The van der Waals surface area contributed by atoms with E-state index in [1.165, 1.54) is 12.1 Å². The molecule has 5 heteroatoms. The summed E-state index contributed by atoms with van der Waals surface area (Å²) in [5, 5.41) is 3.70. The minimum Gasteiger partial charge on any atom is -0.380 e. The van der Waals surface area contributed by atoms with Crippen LogP contribution in [0.5, 0.6) is 0 Å². The summed E-state index contributed by atoms with van der Waals surface area (Å²) >= 11 is 0. The third-order valence-electron chi connectivity index (χ3n) is 3.29. The average Bonchev–Trinajstić information content (AvgIpc) is 2.85. The molecule has 2 N–H and O–H groups in total. The highest BCUT2D eigenvalue weighted by molar-refractivity contribution is 5.86. The van der Waals surface area contributed by atoms with E-state index in [1.54, 1.807) is 37.3 Å². The number of benzene rings is 2. The van der Waals surface area contributed by atoms with Crippen molar-refractivity contribution >= 4 is 5.82 Å². The minimum atomic E-state index is -0.392. The first kappa shape index (κ1) is 13.3. The molecular weight excluding hydrogens is 274 g/mol. The number of hydrogen-bond donors (Lipinski definition) is 1. The van der Waals surface area contributed by atoms with Crippen LogP contribution in [-0.4, -0.2) is 5.16 Å². The Morgan fingerprint density at radius 3 is 2.48 bits per heavy atom. The van der Waals surface area contributed by atoms with Crippen molar-refractivity contribution in [1.29, 1.82) is 0 Å². The number of halogens is 2. The summed E-state index contributed by atoms with van der Waals surface area (Å²) in [5.74, 6) is -0.383. The molecule has 106 valence electrons. The number of aromatic nitrogens is 1. The van der Waals surface area contributed by atoms with Gasteiger partial charge >= 0.3 is 0 Å². The lowest BCUT2D eigenvalue weighted by Crippen LogP contribution is -1.91. The zero-order valence-electron chi connectivity index (χ0n) is 11.2. The monoisotopic (exact) mass is 286 g/mol. The summed E-state index contributed by atoms with van der Waals surface area (Å²) in [6.45, 7) is 1.66. The Bertz CT molecular complexity index is 795. The molecule has 0 bridgehead atoms. The third kappa shape index (κ3) is 2.27. The molecule has 0 unspecified atom stereocenters. The number of hydrogen-bond acceptors (Lipinski definition) is 3. The van der Waals surface area contributed by atoms with Gasteiger partial charge in [0.05, 0.1) is 11.1 Å². The maximum absolute atomic E-state index is 14.3. The predicted octanol–water partition coefficient (Wildman–Crippen LogP) is 4.18. The van der Waals surface area contributed by atoms with Gasteiger partial charge in [0.2, 0.25) is 0 Å². The minimum absolute atomic E-state index is 0.137. The fourth-order valence-electron chi connectivity index (χ4n) is 2.20. The fourth-order valence-corrected chi connectivity index (χ4v) is 2.20. The molecule has 3 rings (SSSR count). The van der Waals surface area contributed by atoms with Crippen LogP contribution in [-0.2, 0) is 0 Å². The first-order chi connectivity index (χ1) is 10.1. The van der Waals surface area contributed by atoms with Crippen molar-refractivity contribution in [3.8, 4) is 22.5 Å². The first-order valence-corrected chi connectivity index (χ1v) is 6.34. The van der Waals surface area contributed by atoms with E-state index in [1.807, 2.05) is 0 Å². The van der Waals surface area contributed by atoms with Crippen LogP contribution in [0.2, 0.25) is 0 Å². The summed E-state index contributed by atoms with van der Waals surface area (Å²) in [5.41, 5.74) is 7.66. The molecule has 0 saturated carbocycles. The van der Waals surface area contributed by atoms with Crippen molar-refractivity contribution in [3.05, 3.63) is 59.7 Å². The molecule has 21 heavy (non-hydrogen) atoms.